The number of benzene rings is 1. The number of rotatable bonds is 7. The van der Waals surface area contributed by atoms with E-state index in [9.17, 15) is 9.90 Å². The molecule has 0 spiro atoms. The van der Waals surface area contributed by atoms with Crippen LogP contribution in [0.2, 0.25) is 0 Å². The quantitative estimate of drug-likeness (QED) is 0.805. The van der Waals surface area contributed by atoms with E-state index in [0.717, 1.165) is 6.42 Å². The Kier molecular flexibility index (Phi) is 6.73. The van der Waals surface area contributed by atoms with Gasteiger partial charge in [-0.3, -0.25) is 4.79 Å². The van der Waals surface area contributed by atoms with E-state index >= 15 is 0 Å². The average molecular weight is 277 g/mol. The molecule has 2 N–H and O–H groups in total. The van der Waals surface area contributed by atoms with Gasteiger partial charge in [0.25, 0.3) is 0 Å². The summed E-state index contributed by atoms with van der Waals surface area (Å²) in [6.07, 6.45) is 0.734. The summed E-state index contributed by atoms with van der Waals surface area (Å²) in [4.78, 5) is 11.7. The Morgan fingerprint density at radius 1 is 1.15 bits per heavy atom. The molecule has 1 aromatic carbocycles. The van der Waals surface area contributed by atoms with Crippen LogP contribution < -0.4 is 5.32 Å². The molecule has 0 saturated heterocycles. The molecule has 112 valence electrons. The molecule has 0 aliphatic carbocycles. The van der Waals surface area contributed by atoms with Gasteiger partial charge < -0.3 is 10.4 Å². The first-order valence-electron chi connectivity index (χ1n) is 7.43. The van der Waals surface area contributed by atoms with Gasteiger partial charge in [-0.1, -0.05) is 52.0 Å². The fraction of sp³-hybridized carbons (Fsp3) is 0.588. The Bertz CT molecular complexity index is 410. The predicted octanol–water partition coefficient (Wildman–Crippen LogP) is 2.88. The van der Waals surface area contributed by atoms with Gasteiger partial charge in [0.2, 0.25) is 5.91 Å². The van der Waals surface area contributed by atoms with Gasteiger partial charge in [0.05, 0.1) is 6.10 Å². The molecule has 0 fully saturated rings. The van der Waals surface area contributed by atoms with Crippen molar-refractivity contribution in [3.05, 3.63) is 35.4 Å². The maximum atomic E-state index is 11.7. The number of aliphatic hydroxyl groups excluding tert-OH is 1. The molecule has 3 heteroatoms. The van der Waals surface area contributed by atoms with Crippen molar-refractivity contribution in [2.24, 2.45) is 5.92 Å². The summed E-state index contributed by atoms with van der Waals surface area (Å²) in [7, 11) is 0. The molecule has 0 aliphatic rings. The van der Waals surface area contributed by atoms with E-state index in [0.29, 0.717) is 18.9 Å². The molecule has 0 aromatic heterocycles. The van der Waals surface area contributed by atoms with Gasteiger partial charge in [-0.05, 0) is 29.4 Å². The maximum absolute atomic E-state index is 11.7. The Morgan fingerprint density at radius 3 is 2.25 bits per heavy atom. The van der Waals surface area contributed by atoms with E-state index in [1.807, 2.05) is 13.8 Å². The Labute approximate surface area is 122 Å². The summed E-state index contributed by atoms with van der Waals surface area (Å²) in [6, 6.07) is 8.43. The van der Waals surface area contributed by atoms with Crippen LogP contribution in [0.25, 0.3) is 0 Å². The molecule has 3 nitrogen and oxygen atoms in total. The molecule has 0 aliphatic heterocycles. The molecule has 0 bridgehead atoms. The molecule has 1 amide bonds. The van der Waals surface area contributed by atoms with Gasteiger partial charge in [-0.25, -0.2) is 0 Å². The highest BCUT2D eigenvalue weighted by Crippen LogP contribution is 2.15. The largest absolute Gasteiger partial charge is 0.391 e. The number of hydrogen-bond donors (Lipinski definition) is 2. The molecular formula is C17H27NO2. The van der Waals surface area contributed by atoms with Crippen molar-refractivity contribution in [1.82, 2.24) is 5.32 Å². The van der Waals surface area contributed by atoms with Crippen LogP contribution in [0, 0.1) is 5.92 Å². The van der Waals surface area contributed by atoms with Gasteiger partial charge in [-0.15, -0.1) is 0 Å². The topological polar surface area (TPSA) is 49.3 Å². The van der Waals surface area contributed by atoms with Gasteiger partial charge in [0.15, 0.2) is 0 Å². The van der Waals surface area contributed by atoms with Crippen LogP contribution in [0.5, 0.6) is 0 Å². The van der Waals surface area contributed by atoms with Crippen molar-refractivity contribution in [3.8, 4) is 0 Å². The summed E-state index contributed by atoms with van der Waals surface area (Å²) < 4.78 is 0. The zero-order valence-corrected chi connectivity index (χ0v) is 13.0. The van der Waals surface area contributed by atoms with Crippen molar-refractivity contribution >= 4 is 5.91 Å². The summed E-state index contributed by atoms with van der Waals surface area (Å²) in [5.41, 5.74) is 2.49. The zero-order valence-electron chi connectivity index (χ0n) is 13.0. The van der Waals surface area contributed by atoms with E-state index in [2.05, 4.69) is 43.4 Å². The first-order valence-corrected chi connectivity index (χ1v) is 7.43. The maximum Gasteiger partial charge on any atom is 0.220 e. The number of hydrogen-bond acceptors (Lipinski definition) is 2. The minimum absolute atomic E-state index is 0.00219. The Hall–Kier alpha value is -1.35. The Morgan fingerprint density at radius 2 is 1.75 bits per heavy atom. The lowest BCUT2D eigenvalue weighted by atomic mass is 10.0. The average Bonchev–Trinajstić information content (AvgIpc) is 2.42. The second kappa shape index (κ2) is 8.05. The fourth-order valence-corrected chi connectivity index (χ4v) is 1.87. The Balaban J connectivity index is 2.34. The molecular weight excluding hydrogens is 250 g/mol. The lowest BCUT2D eigenvalue weighted by Gasteiger charge is -2.15. The van der Waals surface area contributed by atoms with Crippen LogP contribution >= 0.6 is 0 Å². The SMILES string of the molecule is CC(C)c1ccc(CCC(=O)NCC(O)C(C)C)cc1. The second-order valence-corrected chi connectivity index (χ2v) is 6.01. The van der Waals surface area contributed by atoms with Crippen LogP contribution in [0.3, 0.4) is 0 Å². The lowest BCUT2D eigenvalue weighted by molar-refractivity contribution is -0.121. The third kappa shape index (κ3) is 5.74. The molecule has 1 unspecified atom stereocenters. The molecule has 0 radical (unpaired) electrons. The van der Waals surface area contributed by atoms with Crippen molar-refractivity contribution < 1.29 is 9.90 Å². The summed E-state index contributed by atoms with van der Waals surface area (Å²) >= 11 is 0. The number of carbonyl (C=O) groups excluding carboxylic acids is 1. The highest BCUT2D eigenvalue weighted by molar-refractivity contribution is 5.76. The van der Waals surface area contributed by atoms with E-state index in [1.165, 1.54) is 11.1 Å². The second-order valence-electron chi connectivity index (χ2n) is 6.01. The van der Waals surface area contributed by atoms with E-state index in [-0.39, 0.29) is 11.8 Å². The molecule has 20 heavy (non-hydrogen) atoms. The molecule has 1 rings (SSSR count). The van der Waals surface area contributed by atoms with Crippen molar-refractivity contribution in [2.75, 3.05) is 6.54 Å². The monoisotopic (exact) mass is 277 g/mol. The van der Waals surface area contributed by atoms with Crippen LogP contribution in [-0.2, 0) is 11.2 Å². The van der Waals surface area contributed by atoms with E-state index in [1.54, 1.807) is 0 Å². The van der Waals surface area contributed by atoms with Crippen molar-refractivity contribution in [3.63, 3.8) is 0 Å². The van der Waals surface area contributed by atoms with Crippen LogP contribution in [0.15, 0.2) is 24.3 Å². The van der Waals surface area contributed by atoms with Gasteiger partial charge in [-0.2, -0.15) is 0 Å². The third-order valence-corrected chi connectivity index (χ3v) is 3.57. The van der Waals surface area contributed by atoms with Crippen LogP contribution in [0.4, 0.5) is 0 Å². The number of amides is 1. The van der Waals surface area contributed by atoms with Gasteiger partial charge in [0.1, 0.15) is 0 Å². The van der Waals surface area contributed by atoms with Gasteiger partial charge >= 0.3 is 0 Å². The minimum atomic E-state index is -0.468. The minimum Gasteiger partial charge on any atom is -0.391 e. The standard InChI is InChI=1S/C17H27NO2/c1-12(2)15-8-5-14(6-9-15)7-10-17(20)18-11-16(19)13(3)4/h5-6,8-9,12-13,16,19H,7,10-11H2,1-4H3,(H,18,20). The van der Waals surface area contributed by atoms with Gasteiger partial charge in [0, 0.05) is 13.0 Å². The van der Waals surface area contributed by atoms with Crippen LogP contribution in [0.1, 0.15) is 51.2 Å². The highest BCUT2D eigenvalue weighted by atomic mass is 16.3. The smallest absolute Gasteiger partial charge is 0.220 e. The number of nitrogens with one attached hydrogen (secondary N) is 1. The predicted molar refractivity (Wildman–Crippen MR) is 82.7 cm³/mol. The summed E-state index contributed by atoms with van der Waals surface area (Å²) in [5.74, 6) is 0.696. The van der Waals surface area contributed by atoms with E-state index in [4.69, 9.17) is 0 Å². The number of aryl methyl sites for hydroxylation is 1. The lowest BCUT2D eigenvalue weighted by Crippen LogP contribution is -2.34. The van der Waals surface area contributed by atoms with Crippen molar-refractivity contribution in [2.45, 2.75) is 52.6 Å². The highest BCUT2D eigenvalue weighted by Gasteiger charge is 2.10. The molecule has 1 atom stereocenters. The van der Waals surface area contributed by atoms with Crippen molar-refractivity contribution in [1.29, 1.82) is 0 Å². The normalized spacial score (nSPS) is 12.8. The molecule has 1 aromatic rings. The summed E-state index contributed by atoms with van der Waals surface area (Å²) in [6.45, 7) is 8.55. The third-order valence-electron chi connectivity index (χ3n) is 3.57. The number of aliphatic hydroxyl groups is 1. The number of carbonyl (C=O) groups is 1. The molecule has 0 heterocycles. The summed E-state index contributed by atoms with van der Waals surface area (Å²) in [5, 5.41) is 12.4. The van der Waals surface area contributed by atoms with Crippen LogP contribution in [-0.4, -0.2) is 23.7 Å². The fourth-order valence-electron chi connectivity index (χ4n) is 1.87. The first-order chi connectivity index (χ1) is 9.40. The molecule has 0 saturated carbocycles. The van der Waals surface area contributed by atoms with E-state index < -0.39 is 6.10 Å². The first kappa shape index (κ1) is 16.7. The zero-order chi connectivity index (χ0) is 15.1.